The highest BCUT2D eigenvalue weighted by Gasteiger charge is 2.27. The highest BCUT2D eigenvalue weighted by Crippen LogP contribution is 2.35. The monoisotopic (exact) mass is 523 g/mol. The summed E-state index contributed by atoms with van der Waals surface area (Å²) < 4.78 is 51.5. The van der Waals surface area contributed by atoms with Crippen LogP contribution in [0.3, 0.4) is 0 Å². The van der Waals surface area contributed by atoms with E-state index in [0.717, 1.165) is 29.7 Å². The summed E-state index contributed by atoms with van der Waals surface area (Å²) in [7, 11) is 1.55. The number of nitrogens with zero attached hydrogens (tertiary/aromatic N) is 2. The minimum absolute atomic E-state index is 0.153. The number of carbonyl (C=O) groups excluding carboxylic acids is 1. The molecule has 0 aliphatic heterocycles. The van der Waals surface area contributed by atoms with Crippen LogP contribution in [0.4, 0.5) is 18.9 Å². The van der Waals surface area contributed by atoms with Crippen molar-refractivity contribution in [2.24, 2.45) is 5.92 Å². The lowest BCUT2D eigenvalue weighted by Crippen LogP contribution is -2.15. The largest absolute Gasteiger partial charge is 0.497 e. The van der Waals surface area contributed by atoms with Crippen LogP contribution in [0.2, 0.25) is 0 Å². The van der Waals surface area contributed by atoms with Crippen molar-refractivity contribution >= 4 is 17.1 Å². The molecule has 2 aromatic heterocycles. The van der Waals surface area contributed by atoms with Gasteiger partial charge in [-0.2, -0.15) is 13.2 Å². The minimum Gasteiger partial charge on any atom is -0.497 e. The third-order valence-corrected chi connectivity index (χ3v) is 6.58. The van der Waals surface area contributed by atoms with Crippen LogP contribution in [-0.4, -0.2) is 35.0 Å². The number of halogens is 3. The number of fused-ring (bicyclic) bond motifs is 1. The quantitative estimate of drug-likeness (QED) is 0.219. The molecule has 38 heavy (non-hydrogen) atoms. The Morgan fingerprint density at radius 2 is 1.89 bits per heavy atom. The number of nitrogens with one attached hydrogen (secondary N) is 1. The van der Waals surface area contributed by atoms with Crippen molar-refractivity contribution in [2.45, 2.75) is 38.8 Å². The van der Waals surface area contributed by atoms with Gasteiger partial charge in [-0.1, -0.05) is 18.2 Å². The van der Waals surface area contributed by atoms with E-state index < -0.39 is 12.6 Å². The van der Waals surface area contributed by atoms with Crippen LogP contribution in [0.5, 0.6) is 17.2 Å². The Balaban J connectivity index is 1.51. The molecule has 1 aliphatic carbocycles. The zero-order valence-corrected chi connectivity index (χ0v) is 21.1. The second-order valence-electron chi connectivity index (χ2n) is 9.60. The number of hydrogen-bond donors (Lipinski definition) is 1. The maximum Gasteiger partial charge on any atom is 0.390 e. The van der Waals surface area contributed by atoms with Crippen molar-refractivity contribution in [1.29, 1.82) is 0 Å². The van der Waals surface area contributed by atoms with Crippen LogP contribution in [-0.2, 0) is 0 Å². The number of aryl methyl sites for hydroxylation is 1. The Labute approximate surface area is 218 Å². The fraction of sp³-hybridized carbons (Fsp3) is 0.310. The first-order chi connectivity index (χ1) is 18.2. The first-order valence-electron chi connectivity index (χ1n) is 12.5. The lowest BCUT2D eigenvalue weighted by molar-refractivity contribution is -0.131. The van der Waals surface area contributed by atoms with Gasteiger partial charge >= 0.3 is 6.18 Å². The Bertz CT molecular complexity index is 1480. The number of Topliss-reactive ketones (excluding diaryl/α,β-unsaturated/α-hetero) is 1. The van der Waals surface area contributed by atoms with Gasteiger partial charge in [0.15, 0.2) is 11.4 Å². The van der Waals surface area contributed by atoms with Gasteiger partial charge in [0, 0.05) is 36.2 Å². The molecule has 2 heterocycles. The van der Waals surface area contributed by atoms with Crippen LogP contribution < -0.4 is 14.8 Å². The fourth-order valence-corrected chi connectivity index (χ4v) is 4.43. The molecule has 1 N–H and O–H groups in total. The third-order valence-electron chi connectivity index (χ3n) is 6.58. The van der Waals surface area contributed by atoms with Crippen molar-refractivity contribution in [3.63, 3.8) is 0 Å². The van der Waals surface area contributed by atoms with Crippen molar-refractivity contribution in [3.8, 4) is 28.5 Å². The Morgan fingerprint density at radius 1 is 1.11 bits per heavy atom. The molecular weight excluding hydrogens is 495 g/mol. The van der Waals surface area contributed by atoms with E-state index in [1.165, 1.54) is 0 Å². The topological polar surface area (TPSA) is 64.9 Å². The molecule has 1 aliphatic rings. The van der Waals surface area contributed by atoms with Gasteiger partial charge in [0.25, 0.3) is 0 Å². The molecule has 198 valence electrons. The van der Waals surface area contributed by atoms with Crippen LogP contribution in [0, 0.1) is 12.8 Å². The van der Waals surface area contributed by atoms with Crippen LogP contribution >= 0.6 is 0 Å². The predicted octanol–water partition coefficient (Wildman–Crippen LogP) is 7.46. The average molecular weight is 524 g/mol. The predicted molar refractivity (Wildman–Crippen MR) is 139 cm³/mol. The standard InChI is InChI=1S/C29H28F3N3O3/c1-18-12-20(8-9-24(18)27(36)13-19-6-7-19)26-16-34-28-25(33-11-10-29(30,31)32)15-23(17-35(26)28)38-22-5-3-4-21(14-22)37-2/h3-5,8-9,12,14-17,19,33H,6-7,10-11,13H2,1-2H3. The lowest BCUT2D eigenvalue weighted by atomic mass is 9.98. The summed E-state index contributed by atoms with van der Waals surface area (Å²) in [6.45, 7) is 1.61. The molecule has 1 saturated carbocycles. The number of ether oxygens (including phenoxy) is 2. The van der Waals surface area contributed by atoms with Gasteiger partial charge in [0.1, 0.15) is 17.2 Å². The zero-order chi connectivity index (χ0) is 26.9. The van der Waals surface area contributed by atoms with E-state index >= 15 is 0 Å². The van der Waals surface area contributed by atoms with Gasteiger partial charge in [-0.3, -0.25) is 9.20 Å². The summed E-state index contributed by atoms with van der Waals surface area (Å²) in [6.07, 6.45) is 0.952. The molecule has 0 saturated heterocycles. The van der Waals surface area contributed by atoms with Crippen molar-refractivity contribution < 1.29 is 27.4 Å². The number of aromatic nitrogens is 2. The molecule has 0 bridgehead atoms. The van der Waals surface area contributed by atoms with E-state index in [1.54, 1.807) is 54.2 Å². The van der Waals surface area contributed by atoms with Crippen LogP contribution in [0.1, 0.15) is 41.6 Å². The zero-order valence-electron chi connectivity index (χ0n) is 21.1. The highest BCUT2D eigenvalue weighted by molar-refractivity contribution is 5.98. The van der Waals surface area contributed by atoms with E-state index in [4.69, 9.17) is 9.47 Å². The molecular formula is C29H28F3N3O3. The van der Waals surface area contributed by atoms with Crippen molar-refractivity contribution in [3.05, 3.63) is 72.1 Å². The summed E-state index contributed by atoms with van der Waals surface area (Å²) >= 11 is 0. The van der Waals surface area contributed by atoms with E-state index in [0.29, 0.717) is 46.5 Å². The van der Waals surface area contributed by atoms with E-state index in [-0.39, 0.29) is 12.3 Å². The minimum atomic E-state index is -4.28. The lowest BCUT2D eigenvalue weighted by Gasteiger charge is -2.14. The fourth-order valence-electron chi connectivity index (χ4n) is 4.43. The average Bonchev–Trinajstić information content (AvgIpc) is 3.58. The van der Waals surface area contributed by atoms with E-state index in [1.807, 2.05) is 25.1 Å². The second-order valence-corrected chi connectivity index (χ2v) is 9.60. The number of pyridine rings is 1. The number of rotatable bonds is 10. The van der Waals surface area contributed by atoms with Gasteiger partial charge in [-0.25, -0.2) is 4.98 Å². The molecule has 4 aromatic rings. The first-order valence-corrected chi connectivity index (χ1v) is 12.5. The third kappa shape index (κ3) is 5.93. The van der Waals surface area contributed by atoms with Crippen molar-refractivity contribution in [1.82, 2.24) is 9.38 Å². The SMILES string of the molecule is COc1cccc(Oc2cc(NCCC(F)(F)F)c3ncc(-c4ccc(C(=O)CC5CC5)c(C)c4)n3c2)c1. The highest BCUT2D eigenvalue weighted by atomic mass is 19.4. The van der Waals surface area contributed by atoms with Crippen LogP contribution in [0.25, 0.3) is 16.9 Å². The number of methoxy groups -OCH3 is 1. The molecule has 0 unspecified atom stereocenters. The van der Waals surface area contributed by atoms with E-state index in [9.17, 15) is 18.0 Å². The van der Waals surface area contributed by atoms with E-state index in [2.05, 4.69) is 10.3 Å². The number of anilines is 1. The number of imidazole rings is 1. The molecule has 0 spiro atoms. The van der Waals surface area contributed by atoms with Gasteiger partial charge in [0.05, 0.1) is 37.3 Å². The summed E-state index contributed by atoms with van der Waals surface area (Å²) in [5, 5.41) is 2.86. The Kier molecular flexibility index (Phi) is 7.01. The molecule has 1 fully saturated rings. The normalized spacial score (nSPS) is 13.5. The summed E-state index contributed by atoms with van der Waals surface area (Å²) in [6, 6.07) is 14.3. The van der Waals surface area contributed by atoms with Gasteiger partial charge in [0.2, 0.25) is 0 Å². The summed E-state index contributed by atoms with van der Waals surface area (Å²) in [5.74, 6) is 2.20. The van der Waals surface area contributed by atoms with Gasteiger partial charge in [-0.05, 0) is 49.4 Å². The molecule has 5 rings (SSSR count). The Hall–Kier alpha value is -4.01. The molecule has 6 nitrogen and oxygen atoms in total. The molecule has 0 atom stereocenters. The van der Waals surface area contributed by atoms with Gasteiger partial charge < -0.3 is 14.8 Å². The summed E-state index contributed by atoms with van der Waals surface area (Å²) in [4.78, 5) is 17.2. The van der Waals surface area contributed by atoms with Crippen LogP contribution in [0.15, 0.2) is 60.9 Å². The number of alkyl halides is 3. The van der Waals surface area contributed by atoms with Crippen molar-refractivity contribution in [2.75, 3.05) is 19.0 Å². The second kappa shape index (κ2) is 10.4. The molecule has 2 aromatic carbocycles. The maximum atomic E-state index is 12.8. The van der Waals surface area contributed by atoms with Gasteiger partial charge in [-0.15, -0.1) is 0 Å². The summed E-state index contributed by atoms with van der Waals surface area (Å²) in [5.41, 5.74) is 4.01. The number of ketones is 1. The molecule has 0 radical (unpaired) electrons. The molecule has 0 amide bonds. The number of hydrogen-bond acceptors (Lipinski definition) is 5. The molecule has 9 heteroatoms. The number of carbonyl (C=O) groups is 1. The maximum absolute atomic E-state index is 12.8. The number of benzene rings is 2. The Morgan fingerprint density at radius 3 is 2.61 bits per heavy atom. The first kappa shape index (κ1) is 25.6. The smallest absolute Gasteiger partial charge is 0.390 e.